The van der Waals surface area contributed by atoms with Crippen molar-refractivity contribution in [1.29, 1.82) is 0 Å². The third-order valence-electron chi connectivity index (χ3n) is 3.08. The molecule has 0 aliphatic carbocycles. The van der Waals surface area contributed by atoms with E-state index in [4.69, 9.17) is 15.2 Å². The van der Waals surface area contributed by atoms with E-state index in [9.17, 15) is 0 Å². The van der Waals surface area contributed by atoms with Gasteiger partial charge in [-0.2, -0.15) is 0 Å². The maximum atomic E-state index is 5.63. The molecule has 96 valence electrons. The fourth-order valence-electron chi connectivity index (χ4n) is 2.09. The lowest BCUT2D eigenvalue weighted by molar-refractivity contribution is 0.0268. The molecule has 1 rings (SSSR count). The lowest BCUT2D eigenvalue weighted by Gasteiger charge is -2.21. The normalized spacial score (nSPS) is 14.6. The standard InChI is InChI=1S/C14H23NO2/c1-11(8-9-15)12-6-4-5-7-13(12)14(17-3)10-16-2/h4-7,11,14H,8-10,15H2,1-3H3. The Morgan fingerprint density at radius 1 is 1.18 bits per heavy atom. The van der Waals surface area contributed by atoms with Crippen LogP contribution in [0.1, 0.15) is 36.5 Å². The summed E-state index contributed by atoms with van der Waals surface area (Å²) in [4.78, 5) is 0. The fourth-order valence-corrected chi connectivity index (χ4v) is 2.09. The van der Waals surface area contributed by atoms with Crippen molar-refractivity contribution < 1.29 is 9.47 Å². The summed E-state index contributed by atoms with van der Waals surface area (Å²) in [5.41, 5.74) is 8.14. The first-order valence-corrected chi connectivity index (χ1v) is 6.05. The Bertz CT molecular complexity index is 328. The monoisotopic (exact) mass is 237 g/mol. The van der Waals surface area contributed by atoms with Gasteiger partial charge in [-0.05, 0) is 30.0 Å². The van der Waals surface area contributed by atoms with Gasteiger partial charge in [0.2, 0.25) is 0 Å². The molecular formula is C14H23NO2. The first kappa shape index (κ1) is 14.2. The Morgan fingerprint density at radius 2 is 1.82 bits per heavy atom. The summed E-state index contributed by atoms with van der Waals surface area (Å²) in [5, 5.41) is 0. The zero-order valence-electron chi connectivity index (χ0n) is 11.0. The van der Waals surface area contributed by atoms with Gasteiger partial charge in [-0.15, -0.1) is 0 Å². The number of methoxy groups -OCH3 is 2. The Kier molecular flexibility index (Phi) is 6.19. The summed E-state index contributed by atoms with van der Waals surface area (Å²) in [6.45, 7) is 3.48. The number of ether oxygens (including phenoxy) is 2. The molecule has 3 heteroatoms. The number of nitrogens with two attached hydrogens (primary N) is 1. The van der Waals surface area contributed by atoms with E-state index in [1.807, 2.05) is 6.07 Å². The van der Waals surface area contributed by atoms with Gasteiger partial charge >= 0.3 is 0 Å². The molecule has 0 aliphatic rings. The zero-order chi connectivity index (χ0) is 12.7. The highest BCUT2D eigenvalue weighted by Gasteiger charge is 2.17. The summed E-state index contributed by atoms with van der Waals surface area (Å²) in [6.07, 6.45) is 0.983. The average Bonchev–Trinajstić information content (AvgIpc) is 2.36. The minimum atomic E-state index is -0.00331. The minimum Gasteiger partial charge on any atom is -0.382 e. The van der Waals surface area contributed by atoms with Crippen LogP contribution in [0.3, 0.4) is 0 Å². The van der Waals surface area contributed by atoms with Crippen LogP contribution in [-0.2, 0) is 9.47 Å². The summed E-state index contributed by atoms with van der Waals surface area (Å²) in [5.74, 6) is 0.450. The van der Waals surface area contributed by atoms with Crippen LogP contribution in [0.5, 0.6) is 0 Å². The Morgan fingerprint density at radius 3 is 2.35 bits per heavy atom. The van der Waals surface area contributed by atoms with Crippen molar-refractivity contribution in [3.63, 3.8) is 0 Å². The molecule has 0 aromatic heterocycles. The first-order chi connectivity index (χ1) is 8.24. The quantitative estimate of drug-likeness (QED) is 0.792. The highest BCUT2D eigenvalue weighted by molar-refractivity contribution is 5.32. The molecule has 1 aromatic carbocycles. The van der Waals surface area contributed by atoms with Gasteiger partial charge in [-0.1, -0.05) is 31.2 Å². The maximum Gasteiger partial charge on any atom is 0.106 e. The molecule has 2 unspecified atom stereocenters. The number of rotatable bonds is 7. The molecule has 0 saturated heterocycles. The van der Waals surface area contributed by atoms with Crippen molar-refractivity contribution >= 4 is 0 Å². The second kappa shape index (κ2) is 7.43. The van der Waals surface area contributed by atoms with Gasteiger partial charge in [0.1, 0.15) is 6.10 Å². The van der Waals surface area contributed by atoms with Gasteiger partial charge in [0.25, 0.3) is 0 Å². The van der Waals surface area contributed by atoms with Crippen LogP contribution in [-0.4, -0.2) is 27.4 Å². The van der Waals surface area contributed by atoms with Crippen molar-refractivity contribution in [2.45, 2.75) is 25.4 Å². The highest BCUT2D eigenvalue weighted by Crippen LogP contribution is 2.28. The van der Waals surface area contributed by atoms with E-state index >= 15 is 0 Å². The topological polar surface area (TPSA) is 44.5 Å². The molecule has 0 radical (unpaired) electrons. The molecule has 0 saturated carbocycles. The first-order valence-electron chi connectivity index (χ1n) is 6.05. The van der Waals surface area contributed by atoms with Gasteiger partial charge < -0.3 is 15.2 Å². The molecule has 0 bridgehead atoms. The predicted molar refractivity (Wildman–Crippen MR) is 70.2 cm³/mol. The largest absolute Gasteiger partial charge is 0.382 e. The molecule has 2 atom stereocenters. The van der Waals surface area contributed by atoms with Gasteiger partial charge in [0, 0.05) is 14.2 Å². The third kappa shape index (κ3) is 3.80. The molecule has 0 heterocycles. The van der Waals surface area contributed by atoms with Crippen LogP contribution >= 0.6 is 0 Å². The second-order valence-corrected chi connectivity index (χ2v) is 4.29. The van der Waals surface area contributed by atoms with Crippen LogP contribution in [0.2, 0.25) is 0 Å². The van der Waals surface area contributed by atoms with Crippen molar-refractivity contribution in [2.75, 3.05) is 27.4 Å². The van der Waals surface area contributed by atoms with Crippen LogP contribution in [0.15, 0.2) is 24.3 Å². The van der Waals surface area contributed by atoms with E-state index in [2.05, 4.69) is 25.1 Å². The summed E-state index contributed by atoms with van der Waals surface area (Å²) in [6, 6.07) is 8.36. The van der Waals surface area contributed by atoms with E-state index in [-0.39, 0.29) is 6.10 Å². The van der Waals surface area contributed by atoms with E-state index in [1.54, 1.807) is 14.2 Å². The van der Waals surface area contributed by atoms with E-state index < -0.39 is 0 Å². The molecule has 0 spiro atoms. The molecule has 3 nitrogen and oxygen atoms in total. The van der Waals surface area contributed by atoms with Crippen molar-refractivity contribution in [3.8, 4) is 0 Å². The fraction of sp³-hybridized carbons (Fsp3) is 0.571. The predicted octanol–water partition coefficient (Wildman–Crippen LogP) is 2.47. The number of benzene rings is 1. The average molecular weight is 237 g/mol. The van der Waals surface area contributed by atoms with Gasteiger partial charge in [-0.25, -0.2) is 0 Å². The van der Waals surface area contributed by atoms with Crippen molar-refractivity contribution in [3.05, 3.63) is 35.4 Å². The third-order valence-corrected chi connectivity index (χ3v) is 3.08. The Balaban J connectivity index is 2.96. The SMILES string of the molecule is COCC(OC)c1ccccc1C(C)CCN. The van der Waals surface area contributed by atoms with Crippen molar-refractivity contribution in [1.82, 2.24) is 0 Å². The van der Waals surface area contributed by atoms with Crippen LogP contribution < -0.4 is 5.73 Å². The Labute approximate surface area is 104 Å². The summed E-state index contributed by atoms with van der Waals surface area (Å²) in [7, 11) is 3.41. The van der Waals surface area contributed by atoms with Gasteiger partial charge in [0.15, 0.2) is 0 Å². The van der Waals surface area contributed by atoms with Gasteiger partial charge in [0.05, 0.1) is 6.61 Å². The number of hydrogen-bond acceptors (Lipinski definition) is 3. The Hall–Kier alpha value is -0.900. The summed E-state index contributed by atoms with van der Waals surface area (Å²) < 4.78 is 10.7. The summed E-state index contributed by atoms with van der Waals surface area (Å²) >= 11 is 0. The van der Waals surface area contributed by atoms with E-state index in [0.29, 0.717) is 19.1 Å². The van der Waals surface area contributed by atoms with Crippen LogP contribution in [0, 0.1) is 0 Å². The van der Waals surface area contributed by atoms with E-state index in [0.717, 1.165) is 6.42 Å². The lowest BCUT2D eigenvalue weighted by atomic mass is 9.91. The molecule has 2 N–H and O–H groups in total. The molecule has 1 aromatic rings. The highest BCUT2D eigenvalue weighted by atomic mass is 16.5. The molecule has 0 aliphatic heterocycles. The van der Waals surface area contributed by atoms with Gasteiger partial charge in [-0.3, -0.25) is 0 Å². The van der Waals surface area contributed by atoms with E-state index in [1.165, 1.54) is 11.1 Å². The minimum absolute atomic E-state index is 0.00331. The zero-order valence-corrected chi connectivity index (χ0v) is 11.0. The lowest BCUT2D eigenvalue weighted by Crippen LogP contribution is -2.13. The molecule has 0 amide bonds. The maximum absolute atomic E-state index is 5.63. The molecule has 0 fully saturated rings. The molecule has 17 heavy (non-hydrogen) atoms. The number of hydrogen-bond donors (Lipinski definition) is 1. The smallest absolute Gasteiger partial charge is 0.106 e. The second-order valence-electron chi connectivity index (χ2n) is 4.29. The van der Waals surface area contributed by atoms with Crippen molar-refractivity contribution in [2.24, 2.45) is 5.73 Å². The van der Waals surface area contributed by atoms with Crippen LogP contribution in [0.4, 0.5) is 0 Å². The van der Waals surface area contributed by atoms with Crippen LogP contribution in [0.25, 0.3) is 0 Å². The molecular weight excluding hydrogens is 214 g/mol.